The molecule has 0 radical (unpaired) electrons. The van der Waals surface area contributed by atoms with Crippen molar-refractivity contribution in [3.05, 3.63) is 69.4 Å². The van der Waals surface area contributed by atoms with Crippen molar-refractivity contribution in [3.8, 4) is 5.75 Å². The van der Waals surface area contributed by atoms with Crippen LogP contribution in [0.1, 0.15) is 150 Å². The fourth-order valence-corrected chi connectivity index (χ4v) is 14.4. The molecule has 382 valence electrons. The van der Waals surface area contributed by atoms with Crippen LogP contribution in [-0.2, 0) is 39.4 Å². The number of carbonyl (C=O) groups excluding carboxylic acids is 3. The molecule has 2 N–H and O–H groups in total. The van der Waals surface area contributed by atoms with E-state index < -0.39 is 124 Å². The predicted molar refractivity (Wildman–Crippen MR) is 266 cm³/mol. The number of aromatic amines is 1. The van der Waals surface area contributed by atoms with Gasteiger partial charge in [0.15, 0.2) is 6.08 Å². The topological polar surface area (TPSA) is 134 Å². The molecule has 0 amide bonds. The molecule has 1 aromatic heterocycles. The van der Waals surface area contributed by atoms with Gasteiger partial charge in [-0.3, -0.25) is 19.4 Å². The average molecular weight is 978 g/mol. The van der Waals surface area contributed by atoms with Gasteiger partial charge >= 0.3 is 17.9 Å². The molecular formula is C56H76F2N4O8. The van der Waals surface area contributed by atoms with Gasteiger partial charge in [-0.05, 0) is 147 Å². The van der Waals surface area contributed by atoms with Gasteiger partial charge in [0.2, 0.25) is 11.5 Å². The Balaban J connectivity index is 1.58. The van der Waals surface area contributed by atoms with Gasteiger partial charge in [-0.2, -0.15) is 0 Å². The van der Waals surface area contributed by atoms with Crippen LogP contribution in [0.15, 0.2) is 30.3 Å². The summed E-state index contributed by atoms with van der Waals surface area (Å²) < 4.78 is 131. The van der Waals surface area contributed by atoms with Gasteiger partial charge in [0.05, 0.1) is 33.2 Å². The number of nitrogens with one attached hydrogen (secondary N) is 1. The summed E-state index contributed by atoms with van der Waals surface area (Å²) in [5, 5.41) is 15.0. The number of methoxy groups -OCH3 is 1. The largest absolute Gasteiger partial charge is 0.493 e. The lowest BCUT2D eigenvalue weighted by Crippen LogP contribution is -2.82. The van der Waals surface area contributed by atoms with Crippen molar-refractivity contribution in [2.45, 2.75) is 181 Å². The van der Waals surface area contributed by atoms with Crippen LogP contribution in [0.2, 0.25) is 0 Å². The summed E-state index contributed by atoms with van der Waals surface area (Å²) in [5.74, 6) is -11.0. The summed E-state index contributed by atoms with van der Waals surface area (Å²) in [5.41, 5.74) is -7.01. The lowest BCUT2D eigenvalue weighted by molar-refractivity contribution is -0.231. The highest BCUT2D eigenvalue weighted by Gasteiger charge is 2.83. The quantitative estimate of drug-likeness (QED) is 0.115. The number of piperidine rings is 1. The van der Waals surface area contributed by atoms with Crippen molar-refractivity contribution in [1.29, 1.82) is 0 Å². The SMILES string of the molecule is [2H]C1=C([2H])[C@]2(CC)[C@@H]3N(C1([2H])C)C([2H])(C)[C@]([2H])(C)C31c3c(cc(OCC)c([C@@]4(C(=O)OCC)C[C@@H]5C[C@@H](C(C)(F)F)CN(C(C)c6c4[nH]c4cc(C)c(C)cc64)C5C)c3C)N(CC)[C@@]1([2H])[C@@](O)(C(=O)OC)[C@]2([2H])OC(C)=O. The number of alkyl halides is 2. The first kappa shape index (κ1) is 42.0. The lowest BCUT2D eigenvalue weighted by atomic mass is 9.45. The number of aliphatic hydroxyl groups is 1. The molecule has 3 fully saturated rings. The number of hydrogen-bond donors (Lipinski definition) is 2. The summed E-state index contributed by atoms with van der Waals surface area (Å²) in [6.45, 7) is 21.6. The summed E-state index contributed by atoms with van der Waals surface area (Å²) in [7, 11) is 0.917. The van der Waals surface area contributed by atoms with Crippen LogP contribution >= 0.6 is 0 Å². The van der Waals surface area contributed by atoms with Gasteiger partial charge in [-0.25, -0.2) is 13.6 Å². The van der Waals surface area contributed by atoms with Crippen molar-refractivity contribution in [1.82, 2.24) is 14.8 Å². The highest BCUT2D eigenvalue weighted by Crippen LogP contribution is 2.72. The zero-order chi connectivity index (χ0) is 57.5. The maximum atomic E-state index is 16.4. The third-order valence-corrected chi connectivity index (χ3v) is 17.6. The second kappa shape index (κ2) is 17.0. The number of nitrogens with zero attached hydrogens (tertiary/aromatic N) is 3. The van der Waals surface area contributed by atoms with Crippen molar-refractivity contribution < 1.29 is 56.8 Å². The van der Waals surface area contributed by atoms with Crippen molar-refractivity contribution >= 4 is 34.5 Å². The Kier molecular flexibility index (Phi) is 10.2. The van der Waals surface area contributed by atoms with Crippen LogP contribution < -0.4 is 9.64 Å². The molecule has 6 unspecified atom stereocenters. The third-order valence-electron chi connectivity index (χ3n) is 17.6. The van der Waals surface area contributed by atoms with Crippen LogP contribution in [0.4, 0.5) is 14.5 Å². The predicted octanol–water partition coefficient (Wildman–Crippen LogP) is 9.15. The van der Waals surface area contributed by atoms with E-state index in [0.29, 0.717) is 16.8 Å². The molecule has 70 heavy (non-hydrogen) atoms. The Morgan fingerprint density at radius 2 is 1.69 bits per heavy atom. The molecule has 9 rings (SSSR count). The van der Waals surface area contributed by atoms with Crippen LogP contribution in [0.25, 0.3) is 10.9 Å². The molecule has 6 aliphatic rings. The first-order valence-corrected chi connectivity index (χ1v) is 25.1. The zero-order valence-corrected chi connectivity index (χ0v) is 43.5. The molecule has 1 saturated carbocycles. The van der Waals surface area contributed by atoms with E-state index in [0.717, 1.165) is 37.5 Å². The lowest BCUT2D eigenvalue weighted by Gasteiger charge is -2.65. The number of aryl methyl sites for hydroxylation is 2. The van der Waals surface area contributed by atoms with Gasteiger partial charge in [0.25, 0.3) is 0 Å². The second-order valence-corrected chi connectivity index (χ2v) is 20.9. The molecule has 1 aliphatic carbocycles. The molecule has 12 nitrogen and oxygen atoms in total. The van der Waals surface area contributed by atoms with Gasteiger partial charge in [0, 0.05) is 104 Å². The molecule has 6 heterocycles. The summed E-state index contributed by atoms with van der Waals surface area (Å²) in [6, 6.07) is -6.84. The van der Waals surface area contributed by atoms with Crippen molar-refractivity contribution in [2.75, 3.05) is 38.3 Å². The number of esters is 3. The molecule has 3 aromatic rings. The smallest absolute Gasteiger partial charge is 0.344 e. The van der Waals surface area contributed by atoms with E-state index in [-0.39, 0.29) is 67.3 Å². The average Bonchev–Trinajstić information content (AvgIpc) is 2.34. The number of hydrogen-bond acceptors (Lipinski definition) is 11. The van der Waals surface area contributed by atoms with E-state index in [4.69, 9.17) is 18.9 Å². The number of likely N-dealkylation sites (N-methyl/N-ethyl adjacent to an activating group) is 1. The number of fused-ring (bicyclic) bond motifs is 6. The van der Waals surface area contributed by atoms with Crippen molar-refractivity contribution in [3.63, 3.8) is 0 Å². The Labute approximate surface area is 422 Å². The van der Waals surface area contributed by atoms with E-state index in [9.17, 15) is 19.5 Å². The number of H-pyrrole nitrogens is 1. The Morgan fingerprint density at radius 3 is 2.29 bits per heavy atom. The number of halogens is 2. The van der Waals surface area contributed by atoms with Crippen molar-refractivity contribution in [2.24, 2.45) is 23.1 Å². The number of benzene rings is 2. The van der Waals surface area contributed by atoms with E-state index >= 15 is 18.4 Å². The van der Waals surface area contributed by atoms with Crippen LogP contribution in [0.3, 0.4) is 0 Å². The monoisotopic (exact) mass is 978 g/mol. The number of carbonyl (C=O) groups is 3. The zero-order valence-electron chi connectivity index (χ0n) is 50.5. The molecule has 15 atom stereocenters. The highest BCUT2D eigenvalue weighted by molar-refractivity contribution is 5.96. The second-order valence-electron chi connectivity index (χ2n) is 20.9. The molecule has 2 aromatic carbocycles. The molecular weight excluding hydrogens is 895 g/mol. The van der Waals surface area contributed by atoms with E-state index in [1.807, 2.05) is 39.8 Å². The van der Waals surface area contributed by atoms with E-state index in [1.54, 1.807) is 33.8 Å². The van der Waals surface area contributed by atoms with Gasteiger partial charge in [0.1, 0.15) is 11.2 Å². The van der Waals surface area contributed by atoms with E-state index in [2.05, 4.69) is 9.88 Å². The summed E-state index contributed by atoms with van der Waals surface area (Å²) in [4.78, 5) is 53.8. The maximum absolute atomic E-state index is 16.4. The Morgan fingerprint density at radius 1 is 1.00 bits per heavy atom. The standard InChI is InChI=1S/C56H76F2N4O8/c1-16-53-21-20-30(7)62-33(10)32(9)55(47(53)62)44-31(8)45(42(68-18-3)25-41(44)60(17-2)48(55)56(66,51(65)67-15)49(53)70-36(13)63)54(50(64)69-19-4)26-37-24-38(52(14,57)58)27-61(34(37)11)35(12)43-39-22-28(5)29(6)23-40(39)59-46(43)54/h20-23,25,30,32-35,37-38,47-49,59,66H,16-19,24,26-27H2,1-15H3/t30?,32-,33?,34?,35?,37-,38+,47-,48+,49+,53+,54-,55?,56-/m0/s1/i20D,21D,30D,32D,33D,48D,49D. The van der Waals surface area contributed by atoms with Crippen LogP contribution in [0.5, 0.6) is 5.75 Å². The molecule has 14 heteroatoms. The minimum atomic E-state index is -3.74. The van der Waals surface area contributed by atoms with Crippen LogP contribution in [-0.4, -0.2) is 119 Å². The number of anilines is 1. The fraction of sp³-hybridized carbons (Fsp3) is 0.661. The molecule has 5 aliphatic heterocycles. The van der Waals surface area contributed by atoms with Gasteiger partial charge in [-0.1, -0.05) is 26.0 Å². The first-order valence-electron chi connectivity index (χ1n) is 28.6. The molecule has 2 saturated heterocycles. The van der Waals surface area contributed by atoms with E-state index in [1.165, 1.54) is 37.5 Å². The summed E-state index contributed by atoms with van der Waals surface area (Å²) >= 11 is 0. The first-order chi connectivity index (χ1) is 35.5. The highest BCUT2D eigenvalue weighted by atomic mass is 19.3. The van der Waals surface area contributed by atoms with Crippen LogP contribution in [0, 0.1) is 43.9 Å². The Hall–Kier alpha value is -4.53. The Bertz CT molecular complexity index is 3060. The van der Waals surface area contributed by atoms with Gasteiger partial charge in [-0.15, -0.1) is 0 Å². The number of ether oxygens (including phenoxy) is 4. The third kappa shape index (κ3) is 6.35. The minimum absolute atomic E-state index is 0.00223. The number of rotatable bonds is 10. The molecule has 1 spiro atoms. The minimum Gasteiger partial charge on any atom is -0.493 e. The maximum Gasteiger partial charge on any atom is 0.344 e. The number of aromatic nitrogens is 1. The fourth-order valence-electron chi connectivity index (χ4n) is 14.4. The molecule has 2 bridgehead atoms. The normalized spacial score (nSPS) is 44.4. The van der Waals surface area contributed by atoms with Gasteiger partial charge < -0.3 is 33.9 Å². The summed E-state index contributed by atoms with van der Waals surface area (Å²) in [6.07, 6.45) is -4.09.